The van der Waals surface area contributed by atoms with E-state index in [0.717, 1.165) is 0 Å². The quantitative estimate of drug-likeness (QED) is 0.375. The fraction of sp³-hybridized carbons (Fsp3) is 1.00. The SMILES string of the molecule is CC1(C)CCCC(C)(C)[N-]1.[Cl-].[Cl-].[Cl][Zn][Cl].[Li+].[Mg+2]. The molecule has 0 unspecified atom stereocenters. The van der Waals surface area contributed by atoms with Crippen molar-refractivity contribution in [2.45, 2.75) is 58.0 Å². The molecule has 0 aliphatic carbocycles. The van der Waals surface area contributed by atoms with E-state index in [9.17, 15) is 0 Å². The third kappa shape index (κ3) is 19.1. The Labute approximate surface area is 163 Å². The molecule has 0 aromatic carbocycles. The fourth-order valence-corrected chi connectivity index (χ4v) is 1.88. The van der Waals surface area contributed by atoms with Crippen LogP contribution in [0.25, 0.3) is 5.32 Å². The Bertz CT molecular complexity index is 150. The van der Waals surface area contributed by atoms with Gasteiger partial charge in [0.1, 0.15) is 0 Å². The number of rotatable bonds is 0. The van der Waals surface area contributed by atoms with Crippen molar-refractivity contribution in [1.29, 1.82) is 0 Å². The predicted octanol–water partition coefficient (Wildman–Crippen LogP) is -4.89. The number of hydrogen-bond acceptors (Lipinski definition) is 0. The van der Waals surface area contributed by atoms with E-state index in [1.54, 1.807) is 0 Å². The summed E-state index contributed by atoms with van der Waals surface area (Å²) >= 11 is -0.931. The Morgan fingerprint density at radius 3 is 1.29 bits per heavy atom. The van der Waals surface area contributed by atoms with E-state index < -0.39 is 15.1 Å². The Kier molecular flexibility index (Phi) is 29.3. The Balaban J connectivity index is -0.0000000629. The maximum absolute atomic E-state index is 4.95. The number of piperidine rings is 1. The van der Waals surface area contributed by atoms with Crippen molar-refractivity contribution in [1.82, 2.24) is 0 Å². The van der Waals surface area contributed by atoms with Crippen LogP contribution >= 0.6 is 19.4 Å². The summed E-state index contributed by atoms with van der Waals surface area (Å²) < 4.78 is 0. The summed E-state index contributed by atoms with van der Waals surface area (Å²) in [6.07, 6.45) is 3.86. The Hall–Kier alpha value is 3.11. The van der Waals surface area contributed by atoms with Crippen molar-refractivity contribution >= 4 is 42.4 Å². The van der Waals surface area contributed by atoms with Gasteiger partial charge in [0, 0.05) is 0 Å². The molecular formula is C9H18Cl4LiMgNZn. The molecule has 0 aromatic rings. The Morgan fingerprint density at radius 1 is 0.941 bits per heavy atom. The second kappa shape index (κ2) is 15.5. The summed E-state index contributed by atoms with van der Waals surface area (Å²) in [6.45, 7) is 8.92. The van der Waals surface area contributed by atoms with Crippen LogP contribution in [0.2, 0.25) is 0 Å². The molecule has 1 fully saturated rings. The van der Waals surface area contributed by atoms with E-state index in [1.165, 1.54) is 19.3 Å². The maximum atomic E-state index is 4.95. The van der Waals surface area contributed by atoms with Crippen LogP contribution in [-0.2, 0) is 15.1 Å². The van der Waals surface area contributed by atoms with Gasteiger partial charge in [-0.15, -0.1) is 11.1 Å². The molecule has 8 heteroatoms. The summed E-state index contributed by atoms with van der Waals surface area (Å²) in [5, 5.41) is 4.75. The summed E-state index contributed by atoms with van der Waals surface area (Å²) in [7, 11) is 9.90. The number of halogens is 4. The molecule has 0 amide bonds. The topological polar surface area (TPSA) is 14.1 Å². The minimum Gasteiger partial charge on any atom is 1.00 e. The smallest absolute Gasteiger partial charge is 1.00 e. The van der Waals surface area contributed by atoms with Gasteiger partial charge in [-0.25, -0.2) is 0 Å². The maximum Gasteiger partial charge on any atom is 2.00 e. The molecule has 0 aromatic heterocycles. The van der Waals surface area contributed by atoms with Crippen molar-refractivity contribution in [2.75, 3.05) is 0 Å². The second-order valence-corrected chi connectivity index (χ2v) is 9.31. The standard InChI is InChI=1S/C9H18N.4ClH.Li.Mg.Zn/c1-8(2)6-5-7-9(3,4)10-8;;;;;;;/h5-7H2,1-4H3;4*1H;;;/q-1;;;;;+1;2*+2/p-4. The summed E-state index contributed by atoms with van der Waals surface area (Å²) in [5.41, 5.74) is 0.476. The van der Waals surface area contributed by atoms with Gasteiger partial charge < -0.3 is 30.1 Å². The molecule has 1 aliphatic heterocycles. The van der Waals surface area contributed by atoms with Gasteiger partial charge in [-0.2, -0.15) is 0 Å². The average Bonchev–Trinajstić information content (AvgIpc) is 1.82. The molecule has 1 saturated heterocycles. The van der Waals surface area contributed by atoms with Gasteiger partial charge >= 0.3 is 76.4 Å². The fourth-order valence-electron chi connectivity index (χ4n) is 1.88. The average molecular weight is 379 g/mol. The minimum atomic E-state index is -0.931. The van der Waals surface area contributed by atoms with Crippen LogP contribution < -0.4 is 43.7 Å². The van der Waals surface area contributed by atoms with Crippen LogP contribution in [0.5, 0.6) is 0 Å². The number of nitrogens with zero attached hydrogens (tertiary/aromatic N) is 1. The minimum absolute atomic E-state index is 0. The summed E-state index contributed by atoms with van der Waals surface area (Å²) in [6, 6.07) is 0. The largest absolute Gasteiger partial charge is 2.00 e. The second-order valence-electron chi connectivity index (χ2n) is 4.69. The van der Waals surface area contributed by atoms with Crippen molar-refractivity contribution < 1.29 is 58.8 Å². The van der Waals surface area contributed by atoms with Gasteiger partial charge in [-0.1, -0.05) is 47.0 Å². The molecule has 0 N–H and O–H groups in total. The number of hydrogen-bond donors (Lipinski definition) is 0. The van der Waals surface area contributed by atoms with E-state index in [-0.39, 0.29) is 77.8 Å². The summed E-state index contributed by atoms with van der Waals surface area (Å²) in [5.74, 6) is 0. The van der Waals surface area contributed by atoms with Crippen LogP contribution in [0.15, 0.2) is 0 Å². The van der Waals surface area contributed by atoms with E-state index in [0.29, 0.717) is 0 Å². The Morgan fingerprint density at radius 2 is 1.18 bits per heavy atom. The van der Waals surface area contributed by atoms with Crippen LogP contribution in [0, 0.1) is 0 Å². The molecular weight excluding hydrogens is 361 g/mol. The van der Waals surface area contributed by atoms with E-state index in [2.05, 4.69) is 27.7 Å². The van der Waals surface area contributed by atoms with E-state index in [1.807, 2.05) is 0 Å². The summed E-state index contributed by atoms with van der Waals surface area (Å²) in [4.78, 5) is 0. The zero-order valence-electron chi connectivity index (χ0n) is 11.5. The van der Waals surface area contributed by atoms with Crippen molar-refractivity contribution in [3.8, 4) is 0 Å². The van der Waals surface area contributed by atoms with Gasteiger partial charge in [-0.05, 0) is 0 Å². The van der Waals surface area contributed by atoms with Gasteiger partial charge in [0.25, 0.3) is 0 Å². The van der Waals surface area contributed by atoms with Crippen molar-refractivity contribution in [3.63, 3.8) is 0 Å². The first kappa shape index (κ1) is 32.2. The molecule has 1 nitrogen and oxygen atoms in total. The van der Waals surface area contributed by atoms with Gasteiger partial charge in [0.15, 0.2) is 0 Å². The molecule has 17 heavy (non-hydrogen) atoms. The molecule has 92 valence electrons. The molecule has 0 atom stereocenters. The molecule has 0 saturated carbocycles. The van der Waals surface area contributed by atoms with Gasteiger partial charge in [0.05, 0.1) is 0 Å². The third-order valence-corrected chi connectivity index (χ3v) is 2.18. The van der Waals surface area contributed by atoms with E-state index in [4.69, 9.17) is 24.7 Å². The van der Waals surface area contributed by atoms with E-state index >= 15 is 0 Å². The predicted molar refractivity (Wildman–Crippen MR) is 62.8 cm³/mol. The molecule has 0 radical (unpaired) electrons. The first-order chi connectivity index (χ1) is 5.83. The zero-order valence-corrected chi connectivity index (χ0v) is 18.9. The van der Waals surface area contributed by atoms with Crippen molar-refractivity contribution in [2.24, 2.45) is 0 Å². The zero-order chi connectivity index (χ0) is 10.5. The monoisotopic (exact) mass is 375 g/mol. The van der Waals surface area contributed by atoms with Crippen molar-refractivity contribution in [3.05, 3.63) is 5.32 Å². The molecule has 0 spiro atoms. The molecule has 1 heterocycles. The van der Waals surface area contributed by atoms with Crippen LogP contribution in [-0.4, -0.2) is 34.1 Å². The third-order valence-electron chi connectivity index (χ3n) is 2.18. The normalized spacial score (nSPS) is 18.2. The van der Waals surface area contributed by atoms with Gasteiger partial charge in [0.2, 0.25) is 0 Å². The van der Waals surface area contributed by atoms with Crippen LogP contribution in [0.3, 0.4) is 0 Å². The first-order valence-electron chi connectivity index (χ1n) is 4.69. The molecule has 0 bridgehead atoms. The first-order valence-corrected chi connectivity index (χ1v) is 12.5. The van der Waals surface area contributed by atoms with Crippen LogP contribution in [0.4, 0.5) is 0 Å². The van der Waals surface area contributed by atoms with Gasteiger partial charge in [-0.3, -0.25) is 0 Å². The van der Waals surface area contributed by atoms with Crippen LogP contribution in [0.1, 0.15) is 47.0 Å². The molecule has 1 aliphatic rings. The molecule has 1 rings (SSSR count).